The summed E-state index contributed by atoms with van der Waals surface area (Å²) in [6, 6.07) is 0. The SMILES string of the molecule is CC(C)Sc1nc2nc3n(c(=O)c2n1C)CC(C)S3. The molecule has 2 aromatic heterocycles. The van der Waals surface area contributed by atoms with Gasteiger partial charge in [0.2, 0.25) is 0 Å². The van der Waals surface area contributed by atoms with E-state index >= 15 is 0 Å². The lowest BCUT2D eigenvalue weighted by atomic mass is 10.4. The van der Waals surface area contributed by atoms with Crippen molar-refractivity contribution < 1.29 is 0 Å². The van der Waals surface area contributed by atoms with Gasteiger partial charge in [0, 0.05) is 24.1 Å². The number of hydrogen-bond acceptors (Lipinski definition) is 5. The molecule has 102 valence electrons. The van der Waals surface area contributed by atoms with E-state index in [4.69, 9.17) is 0 Å². The van der Waals surface area contributed by atoms with E-state index in [9.17, 15) is 4.79 Å². The van der Waals surface area contributed by atoms with Gasteiger partial charge in [-0.15, -0.1) is 0 Å². The zero-order valence-corrected chi connectivity index (χ0v) is 13.0. The van der Waals surface area contributed by atoms with Crippen molar-refractivity contribution in [3.63, 3.8) is 0 Å². The summed E-state index contributed by atoms with van der Waals surface area (Å²) < 4.78 is 3.64. The van der Waals surface area contributed by atoms with Crippen LogP contribution in [0.25, 0.3) is 11.2 Å². The van der Waals surface area contributed by atoms with Gasteiger partial charge in [0.25, 0.3) is 5.56 Å². The van der Waals surface area contributed by atoms with Crippen molar-refractivity contribution in [1.82, 2.24) is 19.1 Å². The van der Waals surface area contributed by atoms with Gasteiger partial charge in [0.1, 0.15) is 0 Å². The second-order valence-electron chi connectivity index (χ2n) is 5.03. The maximum Gasteiger partial charge on any atom is 0.280 e. The summed E-state index contributed by atoms with van der Waals surface area (Å²) in [5.74, 6) is 0. The first-order valence-electron chi connectivity index (χ1n) is 6.28. The van der Waals surface area contributed by atoms with Gasteiger partial charge in [0.05, 0.1) is 0 Å². The third kappa shape index (κ3) is 2.08. The zero-order valence-electron chi connectivity index (χ0n) is 11.4. The Hall–Kier alpha value is -0.950. The quantitative estimate of drug-likeness (QED) is 0.627. The minimum absolute atomic E-state index is 0.0301. The summed E-state index contributed by atoms with van der Waals surface area (Å²) in [6.07, 6.45) is 0. The van der Waals surface area contributed by atoms with Crippen molar-refractivity contribution in [2.24, 2.45) is 7.05 Å². The number of imidazole rings is 1. The summed E-state index contributed by atoms with van der Waals surface area (Å²) in [5.41, 5.74) is 1.22. The first kappa shape index (κ1) is 13.1. The molecule has 0 aromatic carbocycles. The molecule has 1 unspecified atom stereocenters. The van der Waals surface area contributed by atoms with Gasteiger partial charge in [0.15, 0.2) is 21.5 Å². The van der Waals surface area contributed by atoms with E-state index in [1.165, 1.54) is 0 Å². The zero-order chi connectivity index (χ0) is 13.7. The molecule has 2 aromatic rings. The number of hydrogen-bond donors (Lipinski definition) is 0. The molecule has 0 radical (unpaired) electrons. The van der Waals surface area contributed by atoms with Crippen LogP contribution in [0.2, 0.25) is 0 Å². The molecular weight excluding hydrogens is 280 g/mol. The molecule has 0 bridgehead atoms. The minimum atomic E-state index is 0.0301. The van der Waals surface area contributed by atoms with Crippen LogP contribution in [0.4, 0.5) is 0 Å². The Balaban J connectivity index is 2.22. The molecule has 5 nitrogen and oxygen atoms in total. The first-order valence-corrected chi connectivity index (χ1v) is 8.04. The van der Waals surface area contributed by atoms with Crippen molar-refractivity contribution in [2.45, 2.75) is 48.1 Å². The number of rotatable bonds is 2. The molecule has 1 aliphatic rings. The van der Waals surface area contributed by atoms with E-state index in [2.05, 4.69) is 30.7 Å². The van der Waals surface area contributed by atoms with Crippen LogP contribution in [-0.2, 0) is 13.6 Å². The highest BCUT2D eigenvalue weighted by atomic mass is 32.2. The Bertz CT molecular complexity index is 704. The van der Waals surface area contributed by atoms with Crippen LogP contribution in [0.5, 0.6) is 0 Å². The number of thioether (sulfide) groups is 2. The van der Waals surface area contributed by atoms with Crippen LogP contribution in [0.3, 0.4) is 0 Å². The predicted molar refractivity (Wildman–Crippen MR) is 79.1 cm³/mol. The molecule has 0 amide bonds. The summed E-state index contributed by atoms with van der Waals surface area (Å²) in [6.45, 7) is 7.07. The number of nitrogens with zero attached hydrogens (tertiary/aromatic N) is 4. The van der Waals surface area contributed by atoms with Crippen molar-refractivity contribution in [3.8, 4) is 0 Å². The third-order valence-electron chi connectivity index (χ3n) is 3.00. The van der Waals surface area contributed by atoms with E-state index in [0.29, 0.717) is 21.7 Å². The van der Waals surface area contributed by atoms with Crippen LogP contribution >= 0.6 is 23.5 Å². The fraction of sp³-hybridized carbons (Fsp3) is 0.583. The van der Waals surface area contributed by atoms with Crippen LogP contribution < -0.4 is 5.56 Å². The molecule has 0 N–H and O–H groups in total. The monoisotopic (exact) mass is 296 g/mol. The van der Waals surface area contributed by atoms with Gasteiger partial charge in [-0.05, 0) is 0 Å². The summed E-state index contributed by atoms with van der Waals surface area (Å²) in [5, 5.41) is 2.49. The Kier molecular flexibility index (Phi) is 3.13. The molecule has 7 heteroatoms. The molecule has 0 saturated heterocycles. The summed E-state index contributed by atoms with van der Waals surface area (Å²) in [4.78, 5) is 21.6. The first-order chi connectivity index (χ1) is 8.97. The normalized spacial score (nSPS) is 18.5. The lowest BCUT2D eigenvalue weighted by Gasteiger charge is -2.04. The van der Waals surface area contributed by atoms with E-state index in [1.54, 1.807) is 28.1 Å². The summed E-state index contributed by atoms with van der Waals surface area (Å²) >= 11 is 3.30. The molecule has 0 aliphatic carbocycles. The van der Waals surface area contributed by atoms with Crippen LogP contribution in [0, 0.1) is 0 Å². The van der Waals surface area contributed by atoms with Crippen LogP contribution in [0.1, 0.15) is 20.8 Å². The molecule has 0 fully saturated rings. The Labute approximate surface area is 119 Å². The van der Waals surface area contributed by atoms with E-state index in [0.717, 1.165) is 16.9 Å². The van der Waals surface area contributed by atoms with Crippen LogP contribution in [0.15, 0.2) is 15.1 Å². The Morgan fingerprint density at radius 3 is 2.84 bits per heavy atom. The standard InChI is InChI=1S/C12H16N4OS2/c1-6(2)18-11-13-9-8(15(11)4)10(17)16-5-7(3)19-12(16)14-9/h6-7H,5H2,1-4H3. The number of aryl methyl sites for hydroxylation is 1. The second-order valence-corrected chi connectivity index (χ2v) is 7.98. The van der Waals surface area contributed by atoms with Gasteiger partial charge in [-0.3, -0.25) is 9.36 Å². The van der Waals surface area contributed by atoms with Gasteiger partial charge in [-0.25, -0.2) is 9.97 Å². The smallest absolute Gasteiger partial charge is 0.280 e. The lowest BCUT2D eigenvalue weighted by Crippen LogP contribution is -2.22. The van der Waals surface area contributed by atoms with E-state index in [1.807, 2.05) is 11.6 Å². The fourth-order valence-electron chi connectivity index (χ4n) is 2.19. The maximum atomic E-state index is 12.5. The molecule has 0 saturated carbocycles. The van der Waals surface area contributed by atoms with E-state index < -0.39 is 0 Å². The molecule has 1 atom stereocenters. The molecule has 3 heterocycles. The average molecular weight is 296 g/mol. The van der Waals surface area contributed by atoms with Gasteiger partial charge in [-0.1, -0.05) is 44.3 Å². The number of aromatic nitrogens is 4. The van der Waals surface area contributed by atoms with Crippen molar-refractivity contribution in [1.29, 1.82) is 0 Å². The third-order valence-corrected chi connectivity index (χ3v) is 5.12. The molecule has 0 spiro atoms. The highest BCUT2D eigenvalue weighted by Crippen LogP contribution is 2.30. The van der Waals surface area contributed by atoms with Crippen molar-refractivity contribution in [3.05, 3.63) is 10.4 Å². The largest absolute Gasteiger partial charge is 0.316 e. The molecule has 3 rings (SSSR count). The second kappa shape index (κ2) is 4.56. The van der Waals surface area contributed by atoms with Crippen molar-refractivity contribution >= 4 is 34.7 Å². The Morgan fingerprint density at radius 1 is 1.42 bits per heavy atom. The van der Waals surface area contributed by atoms with Gasteiger partial charge < -0.3 is 4.57 Å². The fourth-order valence-corrected chi connectivity index (χ4v) is 4.01. The van der Waals surface area contributed by atoms with E-state index in [-0.39, 0.29) is 5.56 Å². The van der Waals surface area contributed by atoms with Crippen molar-refractivity contribution in [2.75, 3.05) is 0 Å². The summed E-state index contributed by atoms with van der Waals surface area (Å²) in [7, 11) is 1.89. The average Bonchev–Trinajstić information content (AvgIpc) is 2.81. The minimum Gasteiger partial charge on any atom is -0.316 e. The van der Waals surface area contributed by atoms with Gasteiger partial charge in [-0.2, -0.15) is 0 Å². The highest BCUT2D eigenvalue weighted by Gasteiger charge is 2.25. The molecule has 1 aliphatic heterocycles. The molecule has 19 heavy (non-hydrogen) atoms. The molecular formula is C12H16N4OS2. The van der Waals surface area contributed by atoms with Crippen LogP contribution in [-0.4, -0.2) is 29.6 Å². The Morgan fingerprint density at radius 2 is 2.16 bits per heavy atom. The number of fused-ring (bicyclic) bond motifs is 2. The lowest BCUT2D eigenvalue weighted by molar-refractivity contribution is 0.625. The van der Waals surface area contributed by atoms with Gasteiger partial charge >= 0.3 is 0 Å². The topological polar surface area (TPSA) is 52.7 Å². The maximum absolute atomic E-state index is 12.5. The highest BCUT2D eigenvalue weighted by molar-refractivity contribution is 8.00. The predicted octanol–water partition coefficient (Wildman–Crippen LogP) is 2.12.